The normalized spacial score (nSPS) is 17.2. The Bertz CT molecular complexity index is 781. The number of amides is 1. The number of aliphatic hydroxyl groups excluding tert-OH is 1. The van der Waals surface area contributed by atoms with Gasteiger partial charge >= 0.3 is 6.09 Å². The molecule has 2 aromatic carbocycles. The van der Waals surface area contributed by atoms with E-state index in [2.05, 4.69) is 0 Å². The summed E-state index contributed by atoms with van der Waals surface area (Å²) in [5, 5.41) is 18.9. The Morgan fingerprint density at radius 2 is 2.08 bits per heavy atom. The third-order valence-electron chi connectivity index (χ3n) is 3.96. The van der Waals surface area contributed by atoms with Crippen molar-refractivity contribution in [1.29, 1.82) is 0 Å². The lowest BCUT2D eigenvalue weighted by Crippen LogP contribution is -2.25. The monoisotopic (exact) mass is 332 g/mol. The van der Waals surface area contributed by atoms with E-state index in [1.165, 1.54) is 23.1 Å². The third-order valence-corrected chi connectivity index (χ3v) is 3.96. The molecule has 1 aliphatic rings. The number of ether oxygens (including phenoxy) is 1. The first-order valence-corrected chi connectivity index (χ1v) is 7.44. The maximum atomic E-state index is 14.5. The van der Waals surface area contributed by atoms with E-state index in [0.29, 0.717) is 22.4 Å². The topological polar surface area (TPSA) is 96.0 Å². The van der Waals surface area contributed by atoms with Gasteiger partial charge in [-0.1, -0.05) is 12.1 Å². The second kappa shape index (κ2) is 6.46. The van der Waals surface area contributed by atoms with Crippen molar-refractivity contribution in [3.63, 3.8) is 0 Å². The number of halogens is 1. The Morgan fingerprint density at radius 3 is 2.67 bits per heavy atom. The Hall–Kier alpha value is -2.64. The summed E-state index contributed by atoms with van der Waals surface area (Å²) in [6.45, 7) is 0.0757. The van der Waals surface area contributed by atoms with Gasteiger partial charge < -0.3 is 20.7 Å². The molecule has 1 heterocycles. The molecule has 4 N–H and O–H groups in total. The average Bonchev–Trinajstić information content (AvgIpc) is 2.95. The summed E-state index contributed by atoms with van der Waals surface area (Å²) in [7, 11) is 0. The van der Waals surface area contributed by atoms with E-state index in [-0.39, 0.29) is 25.4 Å². The lowest BCUT2D eigenvalue weighted by Gasteiger charge is -2.14. The summed E-state index contributed by atoms with van der Waals surface area (Å²) < 4.78 is 19.4. The van der Waals surface area contributed by atoms with Crippen LogP contribution in [0.5, 0.6) is 5.75 Å². The highest BCUT2D eigenvalue weighted by atomic mass is 19.1. The molecule has 2 aromatic rings. The van der Waals surface area contributed by atoms with Crippen molar-refractivity contribution in [2.75, 3.05) is 18.1 Å². The molecule has 0 saturated carbocycles. The Balaban J connectivity index is 1.90. The molecule has 6 nitrogen and oxygen atoms in total. The van der Waals surface area contributed by atoms with Crippen LogP contribution in [0.2, 0.25) is 0 Å². The molecule has 1 saturated heterocycles. The zero-order chi connectivity index (χ0) is 17.3. The van der Waals surface area contributed by atoms with Crippen LogP contribution in [0.1, 0.15) is 5.56 Å². The van der Waals surface area contributed by atoms with Crippen LogP contribution in [0.25, 0.3) is 11.1 Å². The van der Waals surface area contributed by atoms with Crippen LogP contribution in [-0.4, -0.2) is 35.6 Å². The Morgan fingerprint density at radius 1 is 1.29 bits per heavy atom. The highest BCUT2D eigenvalue weighted by Gasteiger charge is 2.32. The van der Waals surface area contributed by atoms with E-state index in [9.17, 15) is 14.3 Å². The van der Waals surface area contributed by atoms with Crippen LogP contribution < -0.4 is 10.6 Å². The zero-order valence-electron chi connectivity index (χ0n) is 12.8. The van der Waals surface area contributed by atoms with E-state index in [4.69, 9.17) is 15.6 Å². The van der Waals surface area contributed by atoms with Gasteiger partial charge in [-0.05, 0) is 29.8 Å². The molecule has 1 fully saturated rings. The maximum absolute atomic E-state index is 14.5. The van der Waals surface area contributed by atoms with Crippen LogP contribution in [-0.2, 0) is 11.3 Å². The fourth-order valence-corrected chi connectivity index (χ4v) is 2.64. The van der Waals surface area contributed by atoms with Crippen molar-refractivity contribution in [3.8, 4) is 16.9 Å². The first kappa shape index (κ1) is 16.2. The lowest BCUT2D eigenvalue weighted by molar-refractivity contribution is 0.0963. The van der Waals surface area contributed by atoms with Crippen LogP contribution in [0, 0.1) is 5.82 Å². The second-order valence-electron chi connectivity index (χ2n) is 5.51. The number of hydrogen-bond acceptors (Lipinski definition) is 5. The van der Waals surface area contributed by atoms with E-state index >= 15 is 0 Å². The van der Waals surface area contributed by atoms with Crippen molar-refractivity contribution >= 4 is 11.8 Å². The number of cyclic esters (lactones) is 1. The van der Waals surface area contributed by atoms with Gasteiger partial charge in [0.2, 0.25) is 0 Å². The van der Waals surface area contributed by atoms with Crippen molar-refractivity contribution in [2.24, 2.45) is 5.73 Å². The highest BCUT2D eigenvalue weighted by Crippen LogP contribution is 2.31. The van der Waals surface area contributed by atoms with Gasteiger partial charge in [-0.3, -0.25) is 4.90 Å². The molecular formula is C17H17FN2O4. The number of carbonyl (C=O) groups is 1. The summed E-state index contributed by atoms with van der Waals surface area (Å²) in [6.07, 6.45) is -1.23. The number of benzene rings is 2. The minimum Gasteiger partial charge on any atom is -0.508 e. The van der Waals surface area contributed by atoms with Gasteiger partial charge in [-0.25, -0.2) is 9.18 Å². The predicted molar refractivity (Wildman–Crippen MR) is 86.1 cm³/mol. The molecule has 0 unspecified atom stereocenters. The SMILES string of the molecule is NCc1ccc(-c2ccc(N3C[C@H](CO)OC3=O)cc2F)cc1O. The molecule has 126 valence electrons. The molecule has 1 aliphatic heterocycles. The van der Waals surface area contributed by atoms with Gasteiger partial charge in [0.15, 0.2) is 0 Å². The smallest absolute Gasteiger partial charge is 0.414 e. The number of nitrogens with zero attached hydrogens (tertiary/aromatic N) is 1. The number of rotatable bonds is 4. The first-order valence-electron chi connectivity index (χ1n) is 7.44. The lowest BCUT2D eigenvalue weighted by atomic mass is 10.0. The first-order chi connectivity index (χ1) is 11.5. The molecule has 24 heavy (non-hydrogen) atoms. The number of aliphatic hydroxyl groups is 1. The van der Waals surface area contributed by atoms with Gasteiger partial charge in [0, 0.05) is 17.7 Å². The van der Waals surface area contributed by atoms with Crippen molar-refractivity contribution in [1.82, 2.24) is 0 Å². The van der Waals surface area contributed by atoms with Crippen LogP contribution in [0.3, 0.4) is 0 Å². The van der Waals surface area contributed by atoms with Crippen molar-refractivity contribution in [3.05, 3.63) is 47.8 Å². The summed E-state index contributed by atoms with van der Waals surface area (Å²) in [6, 6.07) is 9.11. The predicted octanol–water partition coefficient (Wildman–Crippen LogP) is 1.97. The summed E-state index contributed by atoms with van der Waals surface area (Å²) in [4.78, 5) is 13.0. The average molecular weight is 332 g/mol. The zero-order valence-corrected chi connectivity index (χ0v) is 12.8. The minimum atomic E-state index is -0.619. The quantitative estimate of drug-likeness (QED) is 0.795. The molecule has 1 atom stereocenters. The molecule has 0 aliphatic carbocycles. The van der Waals surface area contributed by atoms with Crippen LogP contribution in [0.4, 0.5) is 14.9 Å². The van der Waals surface area contributed by atoms with Gasteiger partial charge in [0.05, 0.1) is 18.8 Å². The largest absolute Gasteiger partial charge is 0.508 e. The van der Waals surface area contributed by atoms with Gasteiger partial charge in [0.1, 0.15) is 17.7 Å². The maximum Gasteiger partial charge on any atom is 0.414 e. The number of aromatic hydroxyl groups is 1. The number of anilines is 1. The van der Waals surface area contributed by atoms with Gasteiger partial charge in [-0.15, -0.1) is 0 Å². The molecule has 0 aromatic heterocycles. The Kier molecular flexibility index (Phi) is 4.37. The fourth-order valence-electron chi connectivity index (χ4n) is 2.64. The third kappa shape index (κ3) is 2.91. The van der Waals surface area contributed by atoms with Crippen LogP contribution in [0.15, 0.2) is 36.4 Å². The molecule has 0 bridgehead atoms. The molecule has 7 heteroatoms. The summed E-state index contributed by atoms with van der Waals surface area (Å²) in [5.74, 6) is -0.528. The van der Waals surface area contributed by atoms with E-state index < -0.39 is 18.0 Å². The molecule has 0 radical (unpaired) electrons. The molecule has 3 rings (SSSR count). The van der Waals surface area contributed by atoms with E-state index in [0.717, 1.165) is 0 Å². The Labute approximate surface area is 137 Å². The van der Waals surface area contributed by atoms with Crippen LogP contribution >= 0.6 is 0 Å². The molecular weight excluding hydrogens is 315 g/mol. The standard InChI is InChI=1S/C17H17FN2O4/c18-15-6-12(20-8-13(9-21)24-17(20)23)3-4-14(15)10-1-2-11(7-19)16(22)5-10/h1-6,13,21-22H,7-9,19H2/t13-/m1/s1. The minimum absolute atomic E-state index is 0.00684. The van der Waals surface area contributed by atoms with Gasteiger partial charge in [-0.2, -0.15) is 0 Å². The number of nitrogens with two attached hydrogens (primary N) is 1. The molecule has 0 spiro atoms. The van der Waals surface area contributed by atoms with E-state index in [1.54, 1.807) is 18.2 Å². The highest BCUT2D eigenvalue weighted by molar-refractivity contribution is 5.90. The number of hydrogen-bond donors (Lipinski definition) is 3. The summed E-state index contributed by atoms with van der Waals surface area (Å²) >= 11 is 0. The summed E-state index contributed by atoms with van der Waals surface area (Å²) in [5.41, 5.74) is 7.22. The van der Waals surface area contributed by atoms with Crippen molar-refractivity contribution in [2.45, 2.75) is 12.6 Å². The number of phenolic OH excluding ortho intramolecular Hbond substituents is 1. The second-order valence-corrected chi connectivity index (χ2v) is 5.51. The van der Waals surface area contributed by atoms with Crippen molar-refractivity contribution < 1.29 is 24.1 Å². The molecule has 1 amide bonds. The fraction of sp³-hybridized carbons (Fsp3) is 0.235. The van der Waals surface area contributed by atoms with Gasteiger partial charge in [0.25, 0.3) is 0 Å². The number of carbonyl (C=O) groups excluding carboxylic acids is 1. The van der Waals surface area contributed by atoms with E-state index in [1.807, 2.05) is 0 Å². The number of phenols is 1.